The molecular weight excluding hydrogens is 166 g/mol. The predicted molar refractivity (Wildman–Crippen MR) is 54.3 cm³/mol. The van der Waals surface area contributed by atoms with Crippen molar-refractivity contribution < 1.29 is 0 Å². The molecule has 0 unspecified atom stereocenters. The maximum absolute atomic E-state index is 4.25. The maximum Gasteiger partial charge on any atom is 0.0817 e. The van der Waals surface area contributed by atoms with E-state index < -0.39 is 0 Å². The Balaban J connectivity index is 2.60. The summed E-state index contributed by atoms with van der Waals surface area (Å²) in [7, 11) is 0. The number of thiazole rings is 1. The van der Waals surface area contributed by atoms with Crippen molar-refractivity contribution in [3.63, 3.8) is 0 Å². The minimum Gasteiger partial charge on any atom is -0.245 e. The molecule has 0 aliphatic heterocycles. The van der Waals surface area contributed by atoms with Gasteiger partial charge in [-0.1, -0.05) is 18.2 Å². The van der Waals surface area contributed by atoms with E-state index in [2.05, 4.69) is 29.3 Å². The average molecular weight is 175 g/mol. The Morgan fingerprint density at radius 2 is 2.33 bits per heavy atom. The number of benzene rings is 1. The van der Waals surface area contributed by atoms with Gasteiger partial charge in [-0.15, -0.1) is 11.3 Å². The topological polar surface area (TPSA) is 12.9 Å². The molecule has 0 amide bonds. The highest BCUT2D eigenvalue weighted by Gasteiger charge is 1.95. The van der Waals surface area contributed by atoms with Crippen molar-refractivity contribution in [2.45, 2.75) is 6.92 Å². The number of aromatic nitrogens is 1. The third-order valence-electron chi connectivity index (χ3n) is 1.71. The summed E-state index contributed by atoms with van der Waals surface area (Å²) in [5, 5.41) is 0. The molecule has 2 aromatic rings. The largest absolute Gasteiger partial charge is 0.245 e. The van der Waals surface area contributed by atoms with E-state index in [0.29, 0.717) is 0 Å². The summed E-state index contributed by atoms with van der Waals surface area (Å²) < 4.78 is 1.25. The fourth-order valence-electron chi connectivity index (χ4n) is 1.17. The Morgan fingerprint density at radius 1 is 1.42 bits per heavy atom. The van der Waals surface area contributed by atoms with Crippen molar-refractivity contribution in [3.8, 4) is 0 Å². The minimum atomic E-state index is 1.09. The summed E-state index contributed by atoms with van der Waals surface area (Å²) in [5.74, 6) is 0. The minimum absolute atomic E-state index is 1.09. The van der Waals surface area contributed by atoms with Gasteiger partial charge in [0.05, 0.1) is 15.7 Å². The molecule has 0 N–H and O–H groups in total. The number of fused-ring (bicyclic) bond motifs is 1. The molecule has 0 bridgehead atoms. The van der Waals surface area contributed by atoms with Crippen LogP contribution in [-0.2, 0) is 0 Å². The van der Waals surface area contributed by atoms with Crippen molar-refractivity contribution in [2.75, 3.05) is 0 Å². The average Bonchev–Trinajstić information content (AvgIpc) is 2.51. The molecule has 0 atom stereocenters. The van der Waals surface area contributed by atoms with E-state index in [9.17, 15) is 0 Å². The molecular formula is C10H9NS. The van der Waals surface area contributed by atoms with E-state index in [1.807, 2.05) is 18.5 Å². The lowest BCUT2D eigenvalue weighted by molar-refractivity contribution is 1.49. The molecule has 1 heterocycles. The second kappa shape index (κ2) is 3.07. The lowest BCUT2D eigenvalue weighted by Crippen LogP contribution is -1.71. The molecule has 0 fully saturated rings. The van der Waals surface area contributed by atoms with Gasteiger partial charge in [0.2, 0.25) is 0 Å². The number of hydrogen-bond donors (Lipinski definition) is 0. The molecule has 0 saturated carbocycles. The highest BCUT2D eigenvalue weighted by atomic mass is 32.1. The van der Waals surface area contributed by atoms with Gasteiger partial charge in [0.25, 0.3) is 0 Å². The standard InChI is InChI=1S/C10H9NS/c1-2-3-8-4-5-10-9(6-8)11-7-12-10/h2-7H,1H3. The van der Waals surface area contributed by atoms with Gasteiger partial charge in [-0.25, -0.2) is 4.98 Å². The molecule has 0 aliphatic carbocycles. The van der Waals surface area contributed by atoms with Gasteiger partial charge >= 0.3 is 0 Å². The van der Waals surface area contributed by atoms with Gasteiger partial charge in [0.15, 0.2) is 0 Å². The van der Waals surface area contributed by atoms with Gasteiger partial charge in [0, 0.05) is 0 Å². The first-order chi connectivity index (χ1) is 5.90. The summed E-state index contributed by atoms with van der Waals surface area (Å²) in [6.45, 7) is 2.02. The first kappa shape index (κ1) is 7.50. The molecule has 1 aromatic heterocycles. The second-order valence-electron chi connectivity index (χ2n) is 2.58. The fourth-order valence-corrected chi connectivity index (χ4v) is 1.83. The molecule has 0 saturated heterocycles. The van der Waals surface area contributed by atoms with Crippen molar-refractivity contribution >= 4 is 27.6 Å². The Labute approximate surface area is 75.4 Å². The molecule has 1 aromatic carbocycles. The van der Waals surface area contributed by atoms with Gasteiger partial charge in [-0.2, -0.15) is 0 Å². The Bertz CT molecular complexity index is 414. The molecule has 60 valence electrons. The van der Waals surface area contributed by atoms with Crippen LogP contribution >= 0.6 is 11.3 Å². The fraction of sp³-hybridized carbons (Fsp3) is 0.100. The third kappa shape index (κ3) is 1.25. The van der Waals surface area contributed by atoms with Crippen LogP contribution in [0, 0.1) is 0 Å². The SMILES string of the molecule is CC=Cc1ccc2scnc2c1. The van der Waals surface area contributed by atoms with E-state index in [-0.39, 0.29) is 0 Å². The van der Waals surface area contributed by atoms with Crippen LogP contribution in [0.5, 0.6) is 0 Å². The van der Waals surface area contributed by atoms with Crippen LogP contribution in [0.1, 0.15) is 12.5 Å². The lowest BCUT2D eigenvalue weighted by atomic mass is 10.2. The first-order valence-corrected chi connectivity index (χ1v) is 4.74. The lowest BCUT2D eigenvalue weighted by Gasteiger charge is -1.91. The molecule has 0 aliphatic rings. The summed E-state index contributed by atoms with van der Waals surface area (Å²) in [6, 6.07) is 6.33. The zero-order valence-electron chi connectivity index (χ0n) is 6.82. The number of hydrogen-bond acceptors (Lipinski definition) is 2. The van der Waals surface area contributed by atoms with Crippen molar-refractivity contribution in [1.82, 2.24) is 4.98 Å². The van der Waals surface area contributed by atoms with Gasteiger partial charge in [-0.05, 0) is 24.6 Å². The van der Waals surface area contributed by atoms with Crippen LogP contribution in [0.2, 0.25) is 0 Å². The Morgan fingerprint density at radius 3 is 3.17 bits per heavy atom. The van der Waals surface area contributed by atoms with Crippen LogP contribution in [-0.4, -0.2) is 4.98 Å². The number of allylic oxidation sites excluding steroid dienone is 1. The molecule has 0 radical (unpaired) electrons. The summed E-state index contributed by atoms with van der Waals surface area (Å²) in [5.41, 5.74) is 4.19. The zero-order chi connectivity index (χ0) is 8.39. The predicted octanol–water partition coefficient (Wildman–Crippen LogP) is 3.33. The highest BCUT2D eigenvalue weighted by molar-refractivity contribution is 7.16. The molecule has 1 nitrogen and oxygen atoms in total. The van der Waals surface area contributed by atoms with Crippen LogP contribution in [0.3, 0.4) is 0 Å². The van der Waals surface area contributed by atoms with Crippen molar-refractivity contribution in [1.29, 1.82) is 0 Å². The monoisotopic (exact) mass is 175 g/mol. The van der Waals surface area contributed by atoms with Crippen LogP contribution < -0.4 is 0 Å². The molecule has 12 heavy (non-hydrogen) atoms. The number of nitrogens with zero attached hydrogens (tertiary/aromatic N) is 1. The quantitative estimate of drug-likeness (QED) is 0.647. The van der Waals surface area contributed by atoms with Crippen LogP contribution in [0.25, 0.3) is 16.3 Å². The number of rotatable bonds is 1. The Hall–Kier alpha value is -1.15. The molecule has 0 spiro atoms. The van der Waals surface area contributed by atoms with Crippen LogP contribution in [0.15, 0.2) is 29.8 Å². The van der Waals surface area contributed by atoms with E-state index in [1.165, 1.54) is 10.3 Å². The molecule has 2 heteroatoms. The van der Waals surface area contributed by atoms with E-state index in [4.69, 9.17) is 0 Å². The first-order valence-electron chi connectivity index (χ1n) is 3.86. The third-order valence-corrected chi connectivity index (χ3v) is 2.52. The summed E-state index contributed by atoms with van der Waals surface area (Å²) in [4.78, 5) is 4.25. The summed E-state index contributed by atoms with van der Waals surface area (Å²) >= 11 is 1.68. The van der Waals surface area contributed by atoms with E-state index >= 15 is 0 Å². The highest BCUT2D eigenvalue weighted by Crippen LogP contribution is 2.19. The smallest absolute Gasteiger partial charge is 0.0817 e. The Kier molecular flexibility index (Phi) is 1.92. The van der Waals surface area contributed by atoms with Crippen molar-refractivity contribution in [3.05, 3.63) is 35.3 Å². The normalized spacial score (nSPS) is 11.4. The van der Waals surface area contributed by atoms with E-state index in [1.54, 1.807) is 11.3 Å². The second-order valence-corrected chi connectivity index (χ2v) is 3.47. The van der Waals surface area contributed by atoms with Gasteiger partial charge in [0.1, 0.15) is 0 Å². The van der Waals surface area contributed by atoms with Crippen LogP contribution in [0.4, 0.5) is 0 Å². The van der Waals surface area contributed by atoms with Crippen molar-refractivity contribution in [2.24, 2.45) is 0 Å². The maximum atomic E-state index is 4.25. The van der Waals surface area contributed by atoms with Gasteiger partial charge in [-0.3, -0.25) is 0 Å². The summed E-state index contributed by atoms with van der Waals surface area (Å²) in [6.07, 6.45) is 4.12. The molecule has 2 rings (SSSR count). The van der Waals surface area contributed by atoms with E-state index in [0.717, 1.165) is 5.52 Å². The van der Waals surface area contributed by atoms with Gasteiger partial charge < -0.3 is 0 Å². The zero-order valence-corrected chi connectivity index (χ0v) is 7.64.